The van der Waals surface area contributed by atoms with Crippen molar-refractivity contribution in [3.05, 3.63) is 32.7 Å². The predicted octanol–water partition coefficient (Wildman–Crippen LogP) is 1.36. The van der Waals surface area contributed by atoms with Gasteiger partial charge in [0.05, 0.1) is 15.4 Å². The molecule has 0 saturated carbocycles. The first-order chi connectivity index (χ1) is 7.54. The average molecular weight is 240 g/mol. The van der Waals surface area contributed by atoms with Gasteiger partial charge in [-0.15, -0.1) is 0 Å². The van der Waals surface area contributed by atoms with Crippen LogP contribution >= 0.6 is 11.3 Å². The van der Waals surface area contributed by atoms with Crippen LogP contribution in [-0.2, 0) is 4.79 Å². The van der Waals surface area contributed by atoms with Crippen molar-refractivity contribution in [3.8, 4) is 0 Å². The summed E-state index contributed by atoms with van der Waals surface area (Å²) < 4.78 is 0. The molecule has 1 rings (SSSR count). The van der Waals surface area contributed by atoms with Gasteiger partial charge in [-0.05, 0) is 6.07 Å². The van der Waals surface area contributed by atoms with E-state index in [0.717, 1.165) is 11.3 Å². The van der Waals surface area contributed by atoms with E-state index in [9.17, 15) is 19.7 Å². The summed E-state index contributed by atoms with van der Waals surface area (Å²) in [5.74, 6) is -0.523. The van der Waals surface area contributed by atoms with Crippen molar-refractivity contribution in [1.82, 2.24) is 0 Å². The van der Waals surface area contributed by atoms with Crippen LogP contribution in [0.3, 0.4) is 0 Å². The largest absolute Gasteiger partial charge is 0.369 e. The van der Waals surface area contributed by atoms with Crippen LogP contribution in [0.2, 0.25) is 0 Å². The second-order valence-corrected chi connectivity index (χ2v) is 3.92. The maximum atomic E-state index is 10.6. The van der Waals surface area contributed by atoms with Gasteiger partial charge in [0.15, 0.2) is 6.29 Å². The maximum absolute atomic E-state index is 10.6. The summed E-state index contributed by atoms with van der Waals surface area (Å²) in [4.78, 5) is 31.2. The lowest BCUT2D eigenvalue weighted by molar-refractivity contribution is -0.380. The first-order valence-electron chi connectivity index (χ1n) is 4.23. The predicted molar refractivity (Wildman–Crippen MR) is 59.2 cm³/mol. The molecule has 0 spiro atoms. The summed E-state index contributed by atoms with van der Waals surface area (Å²) in [7, 11) is 0. The normalized spacial score (nSPS) is 10.5. The van der Waals surface area contributed by atoms with Crippen LogP contribution < -0.4 is 5.73 Å². The van der Waals surface area contributed by atoms with Gasteiger partial charge in [-0.25, -0.2) is 0 Å². The third kappa shape index (κ3) is 2.99. The summed E-state index contributed by atoms with van der Waals surface area (Å²) in [6.07, 6.45) is 3.38. The Labute approximate surface area is 94.5 Å². The zero-order chi connectivity index (χ0) is 12.1. The van der Waals surface area contributed by atoms with Gasteiger partial charge in [0.1, 0.15) is 0 Å². The van der Waals surface area contributed by atoms with Crippen molar-refractivity contribution >= 4 is 34.6 Å². The van der Waals surface area contributed by atoms with Gasteiger partial charge in [0.2, 0.25) is 5.91 Å². The highest BCUT2D eigenvalue weighted by molar-refractivity contribution is 7.17. The standard InChI is InChI=1S/C9H8N2O4S/c10-8(13)3-1-2-6-4-7(5-12)16-9(6)11(14)15/h1-2,4-5H,3H2,(H2,10,13). The number of carbonyl (C=O) groups excluding carboxylic acids is 2. The topological polar surface area (TPSA) is 103 Å². The summed E-state index contributed by atoms with van der Waals surface area (Å²) in [6, 6.07) is 1.40. The van der Waals surface area contributed by atoms with Gasteiger partial charge in [0.25, 0.3) is 0 Å². The molecule has 1 aromatic rings. The molecular weight excluding hydrogens is 232 g/mol. The minimum atomic E-state index is -0.568. The number of hydrogen-bond acceptors (Lipinski definition) is 5. The number of hydrogen-bond donors (Lipinski definition) is 1. The van der Waals surface area contributed by atoms with Gasteiger partial charge in [-0.2, -0.15) is 0 Å². The summed E-state index contributed by atoms with van der Waals surface area (Å²) in [6.45, 7) is 0. The van der Waals surface area contributed by atoms with E-state index in [4.69, 9.17) is 5.73 Å². The summed E-state index contributed by atoms with van der Waals surface area (Å²) >= 11 is 0.792. The smallest absolute Gasteiger partial charge is 0.331 e. The van der Waals surface area contributed by atoms with E-state index in [1.807, 2.05) is 0 Å². The lowest BCUT2D eigenvalue weighted by Gasteiger charge is -1.88. The van der Waals surface area contributed by atoms with Crippen LogP contribution in [0, 0.1) is 10.1 Å². The number of thiophene rings is 1. The molecule has 1 aromatic heterocycles. The Morgan fingerprint density at radius 2 is 2.31 bits per heavy atom. The lowest BCUT2D eigenvalue weighted by atomic mass is 10.2. The second-order valence-electron chi connectivity index (χ2n) is 2.86. The Bertz CT molecular complexity index is 464. The van der Waals surface area contributed by atoms with Crippen LogP contribution in [0.25, 0.3) is 6.08 Å². The Balaban J connectivity index is 2.97. The van der Waals surface area contributed by atoms with E-state index in [1.165, 1.54) is 18.2 Å². The highest BCUT2D eigenvalue weighted by Crippen LogP contribution is 2.30. The molecule has 1 heterocycles. The molecule has 16 heavy (non-hydrogen) atoms. The summed E-state index contributed by atoms with van der Waals surface area (Å²) in [5, 5.41) is 10.5. The fourth-order valence-electron chi connectivity index (χ4n) is 1.04. The highest BCUT2D eigenvalue weighted by Gasteiger charge is 2.16. The molecule has 0 radical (unpaired) electrons. The first kappa shape index (κ1) is 12.1. The van der Waals surface area contributed by atoms with Crippen molar-refractivity contribution in [1.29, 1.82) is 0 Å². The number of nitro groups is 1. The van der Waals surface area contributed by atoms with E-state index in [0.29, 0.717) is 11.8 Å². The van der Waals surface area contributed by atoms with E-state index in [2.05, 4.69) is 0 Å². The number of rotatable bonds is 5. The number of aldehydes is 1. The van der Waals surface area contributed by atoms with E-state index in [-0.39, 0.29) is 16.3 Å². The van der Waals surface area contributed by atoms with Gasteiger partial charge in [0, 0.05) is 6.42 Å². The van der Waals surface area contributed by atoms with Crippen LogP contribution in [0.5, 0.6) is 0 Å². The van der Waals surface area contributed by atoms with Gasteiger partial charge in [-0.3, -0.25) is 19.7 Å². The van der Waals surface area contributed by atoms with Crippen molar-refractivity contribution in [2.75, 3.05) is 0 Å². The molecule has 2 N–H and O–H groups in total. The molecule has 6 nitrogen and oxygen atoms in total. The van der Waals surface area contributed by atoms with Crippen LogP contribution in [0.4, 0.5) is 5.00 Å². The molecule has 0 unspecified atom stereocenters. The highest BCUT2D eigenvalue weighted by atomic mass is 32.1. The molecular formula is C9H8N2O4S. The molecule has 0 saturated heterocycles. The maximum Gasteiger partial charge on any atom is 0.331 e. The average Bonchev–Trinajstić information content (AvgIpc) is 2.60. The number of primary amides is 1. The second kappa shape index (κ2) is 5.17. The molecule has 0 atom stereocenters. The molecule has 0 fully saturated rings. The lowest BCUT2D eigenvalue weighted by Crippen LogP contribution is -2.07. The van der Waals surface area contributed by atoms with Gasteiger partial charge in [-0.1, -0.05) is 23.5 Å². The quantitative estimate of drug-likeness (QED) is 0.476. The van der Waals surface area contributed by atoms with Crippen molar-refractivity contribution < 1.29 is 14.5 Å². The zero-order valence-electron chi connectivity index (χ0n) is 8.08. The Morgan fingerprint density at radius 1 is 1.62 bits per heavy atom. The van der Waals surface area contributed by atoms with E-state index in [1.54, 1.807) is 0 Å². The molecule has 84 valence electrons. The van der Waals surface area contributed by atoms with Crippen molar-refractivity contribution in [2.45, 2.75) is 6.42 Å². The zero-order valence-corrected chi connectivity index (χ0v) is 8.90. The number of nitrogens with zero attached hydrogens (tertiary/aromatic N) is 1. The number of carbonyl (C=O) groups is 2. The Kier molecular flexibility index (Phi) is 3.90. The van der Waals surface area contributed by atoms with Crippen LogP contribution in [0.15, 0.2) is 12.1 Å². The third-order valence-electron chi connectivity index (χ3n) is 1.66. The molecule has 0 aromatic carbocycles. The Morgan fingerprint density at radius 3 is 2.81 bits per heavy atom. The fourth-order valence-corrected chi connectivity index (χ4v) is 1.81. The first-order valence-corrected chi connectivity index (χ1v) is 5.04. The molecule has 0 aliphatic carbocycles. The number of amides is 1. The number of nitrogens with two attached hydrogens (primary N) is 1. The molecule has 1 amide bonds. The van der Waals surface area contributed by atoms with Gasteiger partial charge >= 0.3 is 5.00 Å². The van der Waals surface area contributed by atoms with E-state index < -0.39 is 10.8 Å². The van der Waals surface area contributed by atoms with E-state index >= 15 is 0 Å². The van der Waals surface area contributed by atoms with Crippen LogP contribution in [0.1, 0.15) is 21.7 Å². The van der Waals surface area contributed by atoms with Crippen molar-refractivity contribution in [3.63, 3.8) is 0 Å². The van der Waals surface area contributed by atoms with Crippen LogP contribution in [-0.4, -0.2) is 17.1 Å². The minimum absolute atomic E-state index is 0.00340. The molecule has 0 aliphatic rings. The minimum Gasteiger partial charge on any atom is -0.369 e. The molecule has 7 heteroatoms. The fraction of sp³-hybridized carbons (Fsp3) is 0.111. The molecule has 0 bridgehead atoms. The van der Waals surface area contributed by atoms with Gasteiger partial charge < -0.3 is 5.73 Å². The monoisotopic (exact) mass is 240 g/mol. The summed E-state index contributed by atoms with van der Waals surface area (Å²) in [5.41, 5.74) is 5.21. The van der Waals surface area contributed by atoms with Crippen molar-refractivity contribution in [2.24, 2.45) is 5.73 Å². The Hall–Kier alpha value is -2.02. The SMILES string of the molecule is NC(=O)CC=Cc1cc(C=O)sc1[N+](=O)[O-]. The third-order valence-corrected chi connectivity index (χ3v) is 2.69. The molecule has 0 aliphatic heterocycles.